The van der Waals surface area contributed by atoms with E-state index in [4.69, 9.17) is 10.0 Å². The molecule has 0 aromatic rings. The Morgan fingerprint density at radius 1 is 1.33 bits per heavy atom. The molecule has 1 rings (SSSR count). The SMILES string of the molecule is CC1(C)N[C@H](C(=O)O)[C@](C)(CCCB(O)O)[C@@H]1O. The minimum absolute atomic E-state index is 0.176. The molecule has 1 aliphatic heterocycles. The van der Waals surface area contributed by atoms with E-state index < -0.39 is 36.2 Å². The number of carbonyl (C=O) groups is 1. The number of aliphatic carboxylic acids is 1. The van der Waals surface area contributed by atoms with Crippen LogP contribution in [0.4, 0.5) is 0 Å². The summed E-state index contributed by atoms with van der Waals surface area (Å²) in [5, 5.41) is 40.1. The fourth-order valence-corrected chi connectivity index (χ4v) is 2.89. The van der Waals surface area contributed by atoms with Crippen molar-refractivity contribution in [2.45, 2.75) is 57.6 Å². The average molecular weight is 259 g/mol. The van der Waals surface area contributed by atoms with Crippen LogP contribution in [0.25, 0.3) is 0 Å². The molecule has 0 amide bonds. The largest absolute Gasteiger partial charge is 0.480 e. The lowest BCUT2D eigenvalue weighted by molar-refractivity contribution is -0.143. The van der Waals surface area contributed by atoms with Crippen molar-refractivity contribution in [3.63, 3.8) is 0 Å². The summed E-state index contributed by atoms with van der Waals surface area (Å²) < 4.78 is 0. The van der Waals surface area contributed by atoms with Gasteiger partial charge < -0.3 is 20.3 Å². The molecule has 6 nitrogen and oxygen atoms in total. The maximum absolute atomic E-state index is 11.3. The Labute approximate surface area is 107 Å². The molecule has 0 unspecified atom stereocenters. The number of carboxylic acids is 1. The van der Waals surface area contributed by atoms with E-state index in [0.717, 1.165) is 0 Å². The first-order valence-corrected chi connectivity index (χ1v) is 6.16. The first-order valence-electron chi connectivity index (χ1n) is 6.16. The van der Waals surface area contributed by atoms with Gasteiger partial charge in [-0.3, -0.25) is 10.1 Å². The number of aliphatic hydroxyl groups is 1. The summed E-state index contributed by atoms with van der Waals surface area (Å²) in [6, 6.07) is -0.835. The highest BCUT2D eigenvalue weighted by Gasteiger charge is 2.57. The lowest BCUT2D eigenvalue weighted by atomic mass is 9.70. The van der Waals surface area contributed by atoms with Crippen LogP contribution in [-0.4, -0.2) is 51.0 Å². The molecule has 0 aliphatic carbocycles. The van der Waals surface area contributed by atoms with Crippen molar-refractivity contribution in [1.82, 2.24) is 5.32 Å². The van der Waals surface area contributed by atoms with E-state index in [1.807, 2.05) is 0 Å². The standard InChI is InChI=1S/C11H22BNO5/c1-10(2)9(16)11(3,5-4-6-12(17)18)7(13-10)8(14)15/h7,9,13,16-18H,4-6H2,1-3H3,(H,14,15)/t7-,9-,11+/m1/s1. The lowest BCUT2D eigenvalue weighted by Gasteiger charge is -2.33. The fourth-order valence-electron chi connectivity index (χ4n) is 2.89. The first kappa shape index (κ1) is 15.4. The van der Waals surface area contributed by atoms with Gasteiger partial charge >= 0.3 is 13.1 Å². The van der Waals surface area contributed by atoms with Crippen LogP contribution in [0.5, 0.6) is 0 Å². The summed E-state index contributed by atoms with van der Waals surface area (Å²) in [6.07, 6.45) is 0.239. The highest BCUT2D eigenvalue weighted by atomic mass is 16.4. The number of hydrogen-bond donors (Lipinski definition) is 5. The normalized spacial score (nSPS) is 34.6. The second-order valence-corrected chi connectivity index (χ2v) is 5.92. The molecule has 0 saturated carbocycles. The molecule has 0 radical (unpaired) electrons. The summed E-state index contributed by atoms with van der Waals surface area (Å²) >= 11 is 0. The van der Waals surface area contributed by atoms with Gasteiger partial charge in [-0.05, 0) is 26.6 Å². The molecule has 1 saturated heterocycles. The minimum Gasteiger partial charge on any atom is -0.480 e. The van der Waals surface area contributed by atoms with Gasteiger partial charge in [0, 0.05) is 11.0 Å². The van der Waals surface area contributed by atoms with E-state index in [-0.39, 0.29) is 6.32 Å². The molecular formula is C11H22BNO5. The van der Waals surface area contributed by atoms with Gasteiger partial charge in [0.2, 0.25) is 0 Å². The highest BCUT2D eigenvalue weighted by Crippen LogP contribution is 2.43. The highest BCUT2D eigenvalue weighted by molar-refractivity contribution is 6.40. The molecule has 18 heavy (non-hydrogen) atoms. The molecule has 0 aromatic carbocycles. The smallest absolute Gasteiger partial charge is 0.451 e. The molecular weight excluding hydrogens is 237 g/mol. The molecule has 1 aliphatic rings. The van der Waals surface area contributed by atoms with Gasteiger partial charge in [0.25, 0.3) is 0 Å². The maximum Gasteiger partial charge on any atom is 0.451 e. The number of carboxylic acid groups (broad SMARTS) is 1. The third kappa shape index (κ3) is 2.85. The molecule has 3 atom stereocenters. The van der Waals surface area contributed by atoms with E-state index >= 15 is 0 Å². The second kappa shape index (κ2) is 5.17. The predicted octanol–water partition coefficient (Wildman–Crippen LogP) is -0.558. The molecule has 0 aromatic heterocycles. The molecule has 5 N–H and O–H groups in total. The fraction of sp³-hybridized carbons (Fsp3) is 0.909. The van der Waals surface area contributed by atoms with E-state index in [1.165, 1.54) is 0 Å². The first-order chi connectivity index (χ1) is 8.11. The van der Waals surface area contributed by atoms with Gasteiger partial charge in [0.05, 0.1) is 6.10 Å². The Hall–Kier alpha value is -0.625. The number of rotatable bonds is 5. The van der Waals surface area contributed by atoms with Crippen molar-refractivity contribution in [2.24, 2.45) is 5.41 Å². The molecule has 0 spiro atoms. The monoisotopic (exact) mass is 259 g/mol. The molecule has 1 fully saturated rings. The summed E-state index contributed by atoms with van der Waals surface area (Å²) in [7, 11) is -1.39. The molecule has 7 heteroatoms. The quantitative estimate of drug-likeness (QED) is 0.423. The Bertz CT molecular complexity index is 323. The van der Waals surface area contributed by atoms with Crippen LogP contribution in [0.15, 0.2) is 0 Å². The molecule has 1 heterocycles. The van der Waals surface area contributed by atoms with Crippen LogP contribution < -0.4 is 5.32 Å². The van der Waals surface area contributed by atoms with Crippen molar-refractivity contribution >= 4 is 13.1 Å². The summed E-state index contributed by atoms with van der Waals surface area (Å²) in [5.74, 6) is -0.994. The Morgan fingerprint density at radius 2 is 1.89 bits per heavy atom. The van der Waals surface area contributed by atoms with E-state index in [2.05, 4.69) is 5.32 Å². The van der Waals surface area contributed by atoms with E-state index in [1.54, 1.807) is 20.8 Å². The van der Waals surface area contributed by atoms with E-state index in [9.17, 15) is 15.0 Å². The van der Waals surface area contributed by atoms with Gasteiger partial charge in [-0.25, -0.2) is 0 Å². The Kier molecular flexibility index (Phi) is 4.43. The number of nitrogens with one attached hydrogen (secondary N) is 1. The van der Waals surface area contributed by atoms with Crippen molar-refractivity contribution in [2.75, 3.05) is 0 Å². The van der Waals surface area contributed by atoms with Gasteiger partial charge in [-0.2, -0.15) is 0 Å². The summed E-state index contributed by atoms with van der Waals surface area (Å²) in [6.45, 7) is 5.25. The zero-order chi connectivity index (χ0) is 14.1. The van der Waals surface area contributed by atoms with Crippen LogP contribution in [0, 0.1) is 5.41 Å². The van der Waals surface area contributed by atoms with Gasteiger partial charge in [0.15, 0.2) is 0 Å². The average Bonchev–Trinajstić information content (AvgIpc) is 2.39. The maximum atomic E-state index is 11.3. The van der Waals surface area contributed by atoms with Crippen molar-refractivity contribution in [3.8, 4) is 0 Å². The van der Waals surface area contributed by atoms with Gasteiger partial charge in [-0.1, -0.05) is 13.3 Å². The second-order valence-electron chi connectivity index (χ2n) is 5.92. The third-order valence-corrected chi connectivity index (χ3v) is 3.91. The van der Waals surface area contributed by atoms with Gasteiger partial charge in [-0.15, -0.1) is 0 Å². The van der Waals surface area contributed by atoms with Crippen LogP contribution in [0.2, 0.25) is 6.32 Å². The van der Waals surface area contributed by atoms with Crippen LogP contribution in [-0.2, 0) is 4.79 Å². The lowest BCUT2D eigenvalue weighted by Crippen LogP contribution is -2.45. The van der Waals surface area contributed by atoms with Crippen molar-refractivity contribution in [1.29, 1.82) is 0 Å². The summed E-state index contributed by atoms with van der Waals surface area (Å²) in [4.78, 5) is 11.3. The third-order valence-electron chi connectivity index (χ3n) is 3.91. The topological polar surface area (TPSA) is 110 Å². The number of hydrogen-bond acceptors (Lipinski definition) is 5. The Balaban J connectivity index is 2.83. The van der Waals surface area contributed by atoms with Crippen LogP contribution >= 0.6 is 0 Å². The summed E-state index contributed by atoms with van der Waals surface area (Å²) in [5.41, 5.74) is -1.49. The van der Waals surface area contributed by atoms with E-state index in [0.29, 0.717) is 12.8 Å². The Morgan fingerprint density at radius 3 is 2.33 bits per heavy atom. The predicted molar refractivity (Wildman–Crippen MR) is 67.0 cm³/mol. The van der Waals surface area contributed by atoms with Crippen LogP contribution in [0.3, 0.4) is 0 Å². The molecule has 104 valence electrons. The zero-order valence-electron chi connectivity index (χ0n) is 11.1. The van der Waals surface area contributed by atoms with Crippen LogP contribution in [0.1, 0.15) is 33.6 Å². The molecule has 0 bridgehead atoms. The zero-order valence-corrected chi connectivity index (χ0v) is 11.1. The number of aliphatic hydroxyl groups excluding tert-OH is 1. The van der Waals surface area contributed by atoms with Gasteiger partial charge in [0.1, 0.15) is 6.04 Å². The van der Waals surface area contributed by atoms with Crippen molar-refractivity contribution < 1.29 is 25.1 Å². The minimum atomic E-state index is -1.39. The van der Waals surface area contributed by atoms with Crippen molar-refractivity contribution in [3.05, 3.63) is 0 Å².